The predicted molar refractivity (Wildman–Crippen MR) is 139 cm³/mol. The topological polar surface area (TPSA) is 50.4 Å². The number of benzene rings is 3. The SMILES string of the molecule is CCCCCCCCCCOc1ccc(NC(=O)N[C@H](C)c2cccc3ccccc23)cc1. The molecule has 2 N–H and O–H groups in total. The number of hydrogen-bond acceptors (Lipinski definition) is 2. The fraction of sp³-hybridized carbons (Fsp3) is 0.414. The van der Waals surface area contributed by atoms with Crippen LogP contribution in [0.25, 0.3) is 10.8 Å². The number of ether oxygens (including phenoxy) is 1. The maximum atomic E-state index is 12.5. The van der Waals surface area contributed by atoms with E-state index >= 15 is 0 Å². The Morgan fingerprint density at radius 2 is 1.48 bits per heavy atom. The average Bonchev–Trinajstić information content (AvgIpc) is 2.83. The first kappa shape index (κ1) is 24.6. The molecule has 0 saturated carbocycles. The molecule has 0 heterocycles. The van der Waals surface area contributed by atoms with Gasteiger partial charge in [-0.25, -0.2) is 4.79 Å². The Balaban J connectivity index is 1.38. The van der Waals surface area contributed by atoms with Crippen LogP contribution >= 0.6 is 0 Å². The van der Waals surface area contributed by atoms with E-state index < -0.39 is 0 Å². The Labute approximate surface area is 198 Å². The fourth-order valence-electron chi connectivity index (χ4n) is 4.13. The maximum Gasteiger partial charge on any atom is 0.319 e. The Morgan fingerprint density at radius 3 is 2.24 bits per heavy atom. The molecule has 0 spiro atoms. The number of rotatable bonds is 13. The highest BCUT2D eigenvalue weighted by molar-refractivity contribution is 5.91. The summed E-state index contributed by atoms with van der Waals surface area (Å²) in [7, 11) is 0. The molecule has 1 atom stereocenters. The highest BCUT2D eigenvalue weighted by Gasteiger charge is 2.12. The number of anilines is 1. The van der Waals surface area contributed by atoms with Crippen molar-refractivity contribution in [1.29, 1.82) is 0 Å². The zero-order valence-electron chi connectivity index (χ0n) is 20.1. The number of fused-ring (bicyclic) bond motifs is 1. The third-order valence-corrected chi connectivity index (χ3v) is 6.02. The maximum absolute atomic E-state index is 12.5. The smallest absolute Gasteiger partial charge is 0.319 e. The summed E-state index contributed by atoms with van der Waals surface area (Å²) in [5.41, 5.74) is 1.85. The molecule has 0 aliphatic heterocycles. The standard InChI is InChI=1S/C29H38N2O2/c1-3-4-5-6-7-8-9-12-22-33-26-20-18-25(19-21-26)31-29(32)30-23(2)27-17-13-15-24-14-10-11-16-28(24)27/h10-11,13-21,23H,3-9,12,22H2,1-2H3,(H2,30,31,32)/t23-/m1/s1. The summed E-state index contributed by atoms with van der Waals surface area (Å²) in [5, 5.41) is 8.29. The van der Waals surface area contributed by atoms with Gasteiger partial charge in [0.1, 0.15) is 5.75 Å². The molecule has 3 rings (SSSR count). The van der Waals surface area contributed by atoms with E-state index in [0.29, 0.717) is 0 Å². The van der Waals surface area contributed by atoms with Gasteiger partial charge in [-0.1, -0.05) is 94.3 Å². The zero-order valence-corrected chi connectivity index (χ0v) is 20.1. The Bertz CT molecular complexity index is 979. The van der Waals surface area contributed by atoms with Crippen LogP contribution < -0.4 is 15.4 Å². The van der Waals surface area contributed by atoms with Gasteiger partial charge in [0.2, 0.25) is 0 Å². The van der Waals surface area contributed by atoms with Gasteiger partial charge in [0.05, 0.1) is 12.6 Å². The van der Waals surface area contributed by atoms with Crippen molar-refractivity contribution < 1.29 is 9.53 Å². The van der Waals surface area contributed by atoms with E-state index in [1.165, 1.54) is 50.3 Å². The van der Waals surface area contributed by atoms with Crippen LogP contribution in [0.3, 0.4) is 0 Å². The van der Waals surface area contributed by atoms with Gasteiger partial charge in [0.25, 0.3) is 0 Å². The normalized spacial score (nSPS) is 11.8. The van der Waals surface area contributed by atoms with E-state index in [4.69, 9.17) is 4.74 Å². The molecule has 0 saturated heterocycles. The summed E-state index contributed by atoms with van der Waals surface area (Å²) in [6, 6.07) is 21.7. The largest absolute Gasteiger partial charge is 0.494 e. The summed E-state index contributed by atoms with van der Waals surface area (Å²) in [6.45, 7) is 5.00. The number of urea groups is 1. The van der Waals surface area contributed by atoms with Crippen LogP contribution in [-0.4, -0.2) is 12.6 Å². The van der Waals surface area contributed by atoms with E-state index in [1.54, 1.807) is 0 Å². The lowest BCUT2D eigenvalue weighted by atomic mass is 10.00. The van der Waals surface area contributed by atoms with Crippen LogP contribution in [-0.2, 0) is 0 Å². The lowest BCUT2D eigenvalue weighted by Gasteiger charge is -2.17. The number of carbonyl (C=O) groups is 1. The van der Waals surface area contributed by atoms with Crippen molar-refractivity contribution in [2.24, 2.45) is 0 Å². The summed E-state index contributed by atoms with van der Waals surface area (Å²) in [5.74, 6) is 0.841. The highest BCUT2D eigenvalue weighted by Crippen LogP contribution is 2.24. The number of amides is 2. The van der Waals surface area contributed by atoms with E-state index in [2.05, 4.69) is 41.8 Å². The van der Waals surface area contributed by atoms with Crippen molar-refractivity contribution in [3.05, 3.63) is 72.3 Å². The molecule has 0 aliphatic rings. The minimum Gasteiger partial charge on any atom is -0.494 e. The summed E-state index contributed by atoms with van der Waals surface area (Å²) < 4.78 is 5.85. The van der Waals surface area contributed by atoms with Gasteiger partial charge in [-0.3, -0.25) is 0 Å². The zero-order chi connectivity index (χ0) is 23.3. The summed E-state index contributed by atoms with van der Waals surface area (Å²) in [6.07, 6.45) is 10.3. The molecule has 33 heavy (non-hydrogen) atoms. The van der Waals surface area contributed by atoms with Crippen LogP contribution in [0.5, 0.6) is 5.75 Å². The summed E-state index contributed by atoms with van der Waals surface area (Å²) >= 11 is 0. The van der Waals surface area contributed by atoms with Crippen molar-refractivity contribution in [2.45, 2.75) is 71.3 Å². The van der Waals surface area contributed by atoms with E-state index in [-0.39, 0.29) is 12.1 Å². The Hall–Kier alpha value is -3.01. The van der Waals surface area contributed by atoms with E-state index in [1.807, 2.05) is 49.4 Å². The van der Waals surface area contributed by atoms with Gasteiger partial charge in [-0.15, -0.1) is 0 Å². The number of unbranched alkanes of at least 4 members (excludes halogenated alkanes) is 7. The number of nitrogens with one attached hydrogen (secondary N) is 2. The number of hydrogen-bond donors (Lipinski definition) is 2. The molecule has 3 aromatic carbocycles. The minimum atomic E-state index is -0.219. The lowest BCUT2D eigenvalue weighted by Crippen LogP contribution is -2.31. The van der Waals surface area contributed by atoms with Crippen molar-refractivity contribution in [1.82, 2.24) is 5.32 Å². The first-order valence-electron chi connectivity index (χ1n) is 12.5. The molecule has 176 valence electrons. The van der Waals surface area contributed by atoms with Gasteiger partial charge in [-0.2, -0.15) is 0 Å². The second-order valence-electron chi connectivity index (χ2n) is 8.74. The third kappa shape index (κ3) is 8.12. The number of carbonyl (C=O) groups excluding carboxylic acids is 1. The van der Waals surface area contributed by atoms with Crippen molar-refractivity contribution in [3.8, 4) is 5.75 Å². The molecule has 4 nitrogen and oxygen atoms in total. The highest BCUT2D eigenvalue weighted by atomic mass is 16.5. The van der Waals surface area contributed by atoms with Gasteiger partial charge in [0.15, 0.2) is 0 Å². The molecular weight excluding hydrogens is 408 g/mol. The first-order valence-corrected chi connectivity index (χ1v) is 12.5. The molecule has 0 unspecified atom stereocenters. The van der Waals surface area contributed by atoms with Gasteiger partial charge < -0.3 is 15.4 Å². The van der Waals surface area contributed by atoms with Crippen molar-refractivity contribution >= 4 is 22.5 Å². The lowest BCUT2D eigenvalue weighted by molar-refractivity contribution is 0.249. The monoisotopic (exact) mass is 446 g/mol. The van der Waals surface area contributed by atoms with Crippen LogP contribution in [0.2, 0.25) is 0 Å². The first-order chi connectivity index (χ1) is 16.2. The average molecular weight is 447 g/mol. The second-order valence-corrected chi connectivity index (χ2v) is 8.74. The second kappa shape index (κ2) is 13.5. The molecule has 0 aliphatic carbocycles. The molecule has 4 heteroatoms. The Morgan fingerprint density at radius 1 is 0.818 bits per heavy atom. The minimum absolute atomic E-state index is 0.106. The van der Waals surface area contributed by atoms with Crippen LogP contribution in [0.1, 0.15) is 76.8 Å². The van der Waals surface area contributed by atoms with Gasteiger partial charge >= 0.3 is 6.03 Å². The molecular formula is C29H38N2O2. The predicted octanol–water partition coefficient (Wildman–Crippen LogP) is 8.24. The molecule has 0 radical (unpaired) electrons. The molecule has 2 amide bonds. The third-order valence-electron chi connectivity index (χ3n) is 6.02. The molecule has 0 aromatic heterocycles. The summed E-state index contributed by atoms with van der Waals surface area (Å²) in [4.78, 5) is 12.5. The van der Waals surface area contributed by atoms with Crippen LogP contribution in [0.4, 0.5) is 10.5 Å². The van der Waals surface area contributed by atoms with Crippen LogP contribution in [0, 0.1) is 0 Å². The van der Waals surface area contributed by atoms with Gasteiger partial charge in [-0.05, 0) is 53.9 Å². The van der Waals surface area contributed by atoms with Crippen molar-refractivity contribution in [3.63, 3.8) is 0 Å². The quantitative estimate of drug-likeness (QED) is 0.260. The molecule has 0 fully saturated rings. The molecule has 3 aromatic rings. The fourth-order valence-corrected chi connectivity index (χ4v) is 4.13. The van der Waals surface area contributed by atoms with Gasteiger partial charge in [0, 0.05) is 5.69 Å². The Kier molecular flexibility index (Phi) is 10.1. The van der Waals surface area contributed by atoms with E-state index in [9.17, 15) is 4.79 Å². The van der Waals surface area contributed by atoms with E-state index in [0.717, 1.165) is 35.4 Å². The molecule has 0 bridgehead atoms. The van der Waals surface area contributed by atoms with Crippen molar-refractivity contribution in [2.75, 3.05) is 11.9 Å². The van der Waals surface area contributed by atoms with Crippen LogP contribution in [0.15, 0.2) is 66.7 Å².